The van der Waals surface area contributed by atoms with Gasteiger partial charge in [-0.2, -0.15) is 0 Å². The number of aliphatic hydroxyl groups is 1. The van der Waals surface area contributed by atoms with Crippen LogP contribution in [0.1, 0.15) is 45.4 Å². The molecule has 0 heterocycles. The third-order valence-corrected chi connectivity index (χ3v) is 3.20. The Morgan fingerprint density at radius 1 is 1.27 bits per heavy atom. The average Bonchev–Trinajstić information content (AvgIpc) is 2.43. The molecule has 15 heavy (non-hydrogen) atoms. The van der Waals surface area contributed by atoms with Crippen LogP contribution >= 0.6 is 0 Å². The molecule has 1 rings (SSSR count). The number of hydrogen-bond donors (Lipinski definition) is 2. The Hall–Kier alpha value is -0.120. The van der Waals surface area contributed by atoms with Gasteiger partial charge in [-0.3, -0.25) is 0 Å². The van der Waals surface area contributed by atoms with E-state index in [0.717, 1.165) is 12.8 Å². The predicted molar refractivity (Wildman–Crippen MR) is 61.7 cm³/mol. The minimum absolute atomic E-state index is 0.105. The lowest BCUT2D eigenvalue weighted by molar-refractivity contribution is 0.0431. The molecule has 1 saturated carbocycles. The van der Waals surface area contributed by atoms with Crippen molar-refractivity contribution >= 4 is 0 Å². The molecule has 0 aromatic rings. The van der Waals surface area contributed by atoms with E-state index in [2.05, 4.69) is 0 Å². The lowest BCUT2D eigenvalue weighted by atomic mass is 9.92. The first-order valence-electron chi connectivity index (χ1n) is 6.14. The Morgan fingerprint density at radius 3 is 2.40 bits per heavy atom. The van der Waals surface area contributed by atoms with E-state index in [4.69, 9.17) is 15.6 Å². The molecule has 0 aromatic carbocycles. The summed E-state index contributed by atoms with van der Waals surface area (Å²) >= 11 is 0. The fraction of sp³-hybridized carbons (Fsp3) is 1.00. The van der Waals surface area contributed by atoms with Crippen molar-refractivity contribution in [3.63, 3.8) is 0 Å². The molecule has 0 aliphatic heterocycles. The number of ether oxygens (including phenoxy) is 1. The van der Waals surface area contributed by atoms with E-state index < -0.39 is 0 Å². The van der Waals surface area contributed by atoms with Gasteiger partial charge >= 0.3 is 0 Å². The van der Waals surface area contributed by atoms with Gasteiger partial charge in [0.1, 0.15) is 0 Å². The molecular weight excluding hydrogens is 190 g/mol. The minimum atomic E-state index is -0.105. The number of hydrogen-bond acceptors (Lipinski definition) is 3. The molecule has 3 heteroatoms. The summed E-state index contributed by atoms with van der Waals surface area (Å²) in [5, 5.41) is 8.87. The Kier molecular flexibility index (Phi) is 5.58. The van der Waals surface area contributed by atoms with Gasteiger partial charge in [-0.05, 0) is 12.8 Å². The summed E-state index contributed by atoms with van der Waals surface area (Å²) in [6.45, 7) is 3.45. The molecule has 3 nitrogen and oxygen atoms in total. The van der Waals surface area contributed by atoms with Crippen LogP contribution in [0.3, 0.4) is 0 Å². The van der Waals surface area contributed by atoms with E-state index in [1.54, 1.807) is 0 Å². The molecule has 90 valence electrons. The lowest BCUT2D eigenvalue weighted by Crippen LogP contribution is -2.44. The Labute approximate surface area is 93.0 Å². The van der Waals surface area contributed by atoms with E-state index >= 15 is 0 Å². The van der Waals surface area contributed by atoms with E-state index in [1.165, 1.54) is 25.7 Å². The predicted octanol–water partition coefficient (Wildman–Crippen LogP) is 1.68. The van der Waals surface area contributed by atoms with Gasteiger partial charge in [0.25, 0.3) is 0 Å². The lowest BCUT2D eigenvalue weighted by Gasteiger charge is -2.28. The van der Waals surface area contributed by atoms with Crippen molar-refractivity contribution in [2.24, 2.45) is 11.7 Å². The first-order chi connectivity index (χ1) is 7.16. The summed E-state index contributed by atoms with van der Waals surface area (Å²) in [5.41, 5.74) is 6.19. The van der Waals surface area contributed by atoms with Crippen molar-refractivity contribution < 1.29 is 9.84 Å². The fourth-order valence-electron chi connectivity index (χ4n) is 2.09. The Morgan fingerprint density at radius 2 is 1.87 bits per heavy atom. The van der Waals surface area contributed by atoms with Crippen molar-refractivity contribution in [3.05, 3.63) is 0 Å². The van der Waals surface area contributed by atoms with E-state index in [-0.39, 0.29) is 18.1 Å². The second-order valence-corrected chi connectivity index (χ2v) is 5.08. The molecule has 0 radical (unpaired) electrons. The van der Waals surface area contributed by atoms with Gasteiger partial charge in [0, 0.05) is 18.1 Å². The van der Waals surface area contributed by atoms with Crippen molar-refractivity contribution in [1.82, 2.24) is 0 Å². The maximum atomic E-state index is 8.87. The molecular formula is C12H25NO2. The van der Waals surface area contributed by atoms with Crippen LogP contribution in [-0.2, 0) is 4.74 Å². The van der Waals surface area contributed by atoms with Crippen molar-refractivity contribution in [2.75, 3.05) is 19.8 Å². The van der Waals surface area contributed by atoms with Crippen LogP contribution in [0.4, 0.5) is 0 Å². The van der Waals surface area contributed by atoms with E-state index in [0.29, 0.717) is 13.2 Å². The van der Waals surface area contributed by atoms with Gasteiger partial charge in [0.15, 0.2) is 0 Å². The van der Waals surface area contributed by atoms with Crippen LogP contribution in [0.25, 0.3) is 0 Å². The second kappa shape index (κ2) is 6.46. The summed E-state index contributed by atoms with van der Waals surface area (Å²) in [6.07, 6.45) is 7.25. The quantitative estimate of drug-likeness (QED) is 0.686. The zero-order valence-electron chi connectivity index (χ0n) is 9.87. The highest BCUT2D eigenvalue weighted by Gasteiger charge is 2.26. The van der Waals surface area contributed by atoms with Gasteiger partial charge in [-0.1, -0.05) is 32.6 Å². The van der Waals surface area contributed by atoms with Crippen LogP contribution in [0.5, 0.6) is 0 Å². The van der Waals surface area contributed by atoms with Gasteiger partial charge in [0.2, 0.25) is 0 Å². The van der Waals surface area contributed by atoms with Crippen LogP contribution < -0.4 is 5.73 Å². The number of aliphatic hydroxyl groups excluding tert-OH is 1. The normalized spacial score (nSPS) is 23.4. The molecule has 1 aliphatic carbocycles. The van der Waals surface area contributed by atoms with Crippen LogP contribution in [0.15, 0.2) is 0 Å². The van der Waals surface area contributed by atoms with Crippen molar-refractivity contribution in [1.29, 1.82) is 0 Å². The van der Waals surface area contributed by atoms with Gasteiger partial charge in [-0.15, -0.1) is 0 Å². The number of rotatable bonds is 5. The molecule has 0 saturated heterocycles. The second-order valence-electron chi connectivity index (χ2n) is 5.08. The average molecular weight is 215 g/mol. The molecule has 0 amide bonds. The van der Waals surface area contributed by atoms with E-state index in [1.807, 2.05) is 6.92 Å². The van der Waals surface area contributed by atoms with Crippen LogP contribution in [-0.4, -0.2) is 30.5 Å². The summed E-state index contributed by atoms with van der Waals surface area (Å²) < 4.78 is 5.60. The van der Waals surface area contributed by atoms with Gasteiger partial charge in [-0.25, -0.2) is 0 Å². The molecule has 0 aromatic heterocycles. The summed E-state index contributed by atoms with van der Waals surface area (Å²) in [4.78, 5) is 0. The molecule has 1 fully saturated rings. The minimum Gasteiger partial charge on any atom is -0.396 e. The standard InChI is InChI=1S/C12H25NO2/c1-11(8-14)9-15-10-12(13)6-4-2-3-5-7-12/h11,14H,2-10,13H2,1H3. The maximum Gasteiger partial charge on any atom is 0.0646 e. The fourth-order valence-corrected chi connectivity index (χ4v) is 2.09. The zero-order chi connectivity index (χ0) is 11.1. The summed E-state index contributed by atoms with van der Waals surface area (Å²) in [6, 6.07) is 0. The molecule has 0 bridgehead atoms. The first-order valence-corrected chi connectivity index (χ1v) is 6.14. The molecule has 1 atom stereocenters. The Balaban J connectivity index is 2.22. The monoisotopic (exact) mass is 215 g/mol. The van der Waals surface area contributed by atoms with Crippen molar-refractivity contribution in [3.8, 4) is 0 Å². The highest BCUT2D eigenvalue weighted by Crippen LogP contribution is 2.25. The van der Waals surface area contributed by atoms with Crippen molar-refractivity contribution in [2.45, 2.75) is 51.0 Å². The first kappa shape index (κ1) is 12.9. The Bertz CT molecular complexity index is 165. The summed E-state index contributed by atoms with van der Waals surface area (Å²) in [5.74, 6) is 0.222. The largest absolute Gasteiger partial charge is 0.396 e. The summed E-state index contributed by atoms with van der Waals surface area (Å²) in [7, 11) is 0. The van der Waals surface area contributed by atoms with Gasteiger partial charge < -0.3 is 15.6 Å². The topological polar surface area (TPSA) is 55.5 Å². The van der Waals surface area contributed by atoms with Gasteiger partial charge in [0.05, 0.1) is 13.2 Å². The van der Waals surface area contributed by atoms with Crippen LogP contribution in [0, 0.1) is 5.92 Å². The smallest absolute Gasteiger partial charge is 0.0646 e. The maximum absolute atomic E-state index is 8.87. The SMILES string of the molecule is CC(CO)COCC1(N)CCCCCC1. The third-order valence-electron chi connectivity index (χ3n) is 3.20. The zero-order valence-corrected chi connectivity index (χ0v) is 9.87. The number of nitrogens with two attached hydrogens (primary N) is 1. The van der Waals surface area contributed by atoms with E-state index in [9.17, 15) is 0 Å². The molecule has 3 N–H and O–H groups in total. The highest BCUT2D eigenvalue weighted by atomic mass is 16.5. The third kappa shape index (κ3) is 4.96. The molecule has 1 unspecified atom stereocenters. The highest BCUT2D eigenvalue weighted by molar-refractivity contribution is 4.85. The molecule has 1 aliphatic rings. The van der Waals surface area contributed by atoms with Crippen LogP contribution in [0.2, 0.25) is 0 Å². The molecule has 0 spiro atoms.